The minimum Gasteiger partial charge on any atom is -0.618 e. The van der Waals surface area contributed by atoms with Crippen LogP contribution in [0.25, 0.3) is 33.1 Å². The molecule has 0 fully saturated rings. The Bertz CT molecular complexity index is 1500. The molecule has 0 aliphatic heterocycles. The predicted octanol–water partition coefficient (Wildman–Crippen LogP) is 5.10. The SMILES string of the molecule is COCC(C)n1c(Oc2ccccc2)nc2c[n+]([O-])c3cc(-c4c(C)noc4C)c(OC)cc3c21. The fourth-order valence-corrected chi connectivity index (χ4v) is 4.53. The zero-order valence-corrected chi connectivity index (χ0v) is 20.2. The van der Waals surface area contributed by atoms with Gasteiger partial charge in [-0.05, 0) is 39.0 Å². The molecule has 0 amide bonds. The fraction of sp³-hybridized carbons (Fsp3) is 0.269. The van der Waals surface area contributed by atoms with Crippen LogP contribution in [0.1, 0.15) is 24.4 Å². The summed E-state index contributed by atoms with van der Waals surface area (Å²) in [4.78, 5) is 4.68. The third-order valence-corrected chi connectivity index (χ3v) is 6.06. The molecule has 0 N–H and O–H groups in total. The van der Waals surface area contributed by atoms with Crippen LogP contribution < -0.4 is 14.2 Å². The van der Waals surface area contributed by atoms with Crippen molar-refractivity contribution in [3.05, 3.63) is 65.3 Å². The number of nitrogens with zero attached hydrogens (tertiary/aromatic N) is 4. The molecule has 0 saturated heterocycles. The normalized spacial score (nSPS) is 12.4. The van der Waals surface area contributed by atoms with E-state index in [2.05, 4.69) is 10.1 Å². The molecule has 9 heteroatoms. The number of aryl methyl sites for hydroxylation is 2. The Morgan fingerprint density at radius 2 is 1.91 bits per heavy atom. The van der Waals surface area contributed by atoms with Crippen LogP contribution in [0.15, 0.2) is 53.2 Å². The van der Waals surface area contributed by atoms with Crippen molar-refractivity contribution >= 4 is 21.9 Å². The lowest BCUT2D eigenvalue weighted by molar-refractivity contribution is -0.575. The van der Waals surface area contributed by atoms with Gasteiger partial charge in [0.2, 0.25) is 11.7 Å². The number of imidazole rings is 1. The van der Waals surface area contributed by atoms with E-state index in [0.717, 1.165) is 27.1 Å². The van der Waals surface area contributed by atoms with Crippen molar-refractivity contribution in [3.8, 4) is 28.6 Å². The highest BCUT2D eigenvalue weighted by atomic mass is 16.5. The Kier molecular flexibility index (Phi) is 5.78. The molecule has 3 heterocycles. The summed E-state index contributed by atoms with van der Waals surface area (Å²) >= 11 is 0. The lowest BCUT2D eigenvalue weighted by Crippen LogP contribution is -2.26. The van der Waals surface area contributed by atoms with Crippen molar-refractivity contribution < 1.29 is 23.5 Å². The van der Waals surface area contributed by atoms with Gasteiger partial charge in [-0.3, -0.25) is 4.57 Å². The van der Waals surface area contributed by atoms with E-state index in [1.54, 1.807) is 14.2 Å². The zero-order valence-electron chi connectivity index (χ0n) is 20.2. The number of fused-ring (bicyclic) bond motifs is 3. The van der Waals surface area contributed by atoms with Crippen LogP contribution in [-0.4, -0.2) is 35.5 Å². The maximum absolute atomic E-state index is 13.2. The third-order valence-electron chi connectivity index (χ3n) is 6.06. The highest BCUT2D eigenvalue weighted by molar-refractivity contribution is 6.03. The second kappa shape index (κ2) is 8.92. The van der Waals surface area contributed by atoms with Gasteiger partial charge in [-0.25, -0.2) is 0 Å². The van der Waals surface area contributed by atoms with Crippen LogP contribution in [0.4, 0.5) is 0 Å². The Morgan fingerprint density at radius 1 is 1.14 bits per heavy atom. The summed E-state index contributed by atoms with van der Waals surface area (Å²) in [6.45, 7) is 6.14. The molecule has 3 aromatic heterocycles. The van der Waals surface area contributed by atoms with Crippen molar-refractivity contribution in [2.75, 3.05) is 20.8 Å². The van der Waals surface area contributed by atoms with Gasteiger partial charge >= 0.3 is 6.01 Å². The molecule has 9 nitrogen and oxygen atoms in total. The van der Waals surface area contributed by atoms with E-state index < -0.39 is 0 Å². The fourth-order valence-electron chi connectivity index (χ4n) is 4.53. The predicted molar refractivity (Wildman–Crippen MR) is 131 cm³/mol. The van der Waals surface area contributed by atoms with Gasteiger partial charge in [-0.2, -0.15) is 9.71 Å². The molecule has 0 saturated carbocycles. The summed E-state index contributed by atoms with van der Waals surface area (Å²) in [7, 11) is 3.25. The second-order valence-electron chi connectivity index (χ2n) is 8.44. The average Bonchev–Trinajstić information content (AvgIpc) is 3.37. The molecule has 35 heavy (non-hydrogen) atoms. The number of hydrogen-bond donors (Lipinski definition) is 0. The van der Waals surface area contributed by atoms with E-state index in [4.69, 9.17) is 18.7 Å². The first-order valence-corrected chi connectivity index (χ1v) is 11.2. The van der Waals surface area contributed by atoms with Crippen molar-refractivity contribution in [2.45, 2.75) is 26.8 Å². The number of aromatic nitrogens is 4. The monoisotopic (exact) mass is 474 g/mol. The number of pyridine rings is 1. The Labute approximate surface area is 202 Å². The van der Waals surface area contributed by atoms with Gasteiger partial charge in [-0.15, -0.1) is 0 Å². The number of hydrogen-bond acceptors (Lipinski definition) is 7. The number of benzene rings is 2. The van der Waals surface area contributed by atoms with Gasteiger partial charge in [0.1, 0.15) is 17.3 Å². The first-order valence-electron chi connectivity index (χ1n) is 11.2. The maximum atomic E-state index is 13.2. The number of ether oxygens (including phenoxy) is 3. The molecule has 1 atom stereocenters. The summed E-state index contributed by atoms with van der Waals surface area (Å²) in [5.74, 6) is 1.89. The molecule has 180 valence electrons. The van der Waals surface area contributed by atoms with Crippen LogP contribution >= 0.6 is 0 Å². The van der Waals surface area contributed by atoms with Crippen LogP contribution in [0.5, 0.6) is 17.5 Å². The number of methoxy groups -OCH3 is 2. The first kappa shape index (κ1) is 22.7. The number of para-hydroxylation sites is 1. The molecular formula is C26H26N4O5. The summed E-state index contributed by atoms with van der Waals surface area (Å²) in [5, 5.41) is 17.9. The quantitative estimate of drug-likeness (QED) is 0.239. The maximum Gasteiger partial charge on any atom is 0.303 e. The van der Waals surface area contributed by atoms with Gasteiger partial charge in [0.05, 0.1) is 41.9 Å². The summed E-state index contributed by atoms with van der Waals surface area (Å²) in [5.41, 5.74) is 3.98. The van der Waals surface area contributed by atoms with E-state index in [-0.39, 0.29) is 6.04 Å². The Hall–Kier alpha value is -4.11. The van der Waals surface area contributed by atoms with E-state index in [1.807, 2.05) is 67.8 Å². The summed E-state index contributed by atoms with van der Waals surface area (Å²) in [6.07, 6.45) is 1.47. The summed E-state index contributed by atoms with van der Waals surface area (Å²) < 4.78 is 25.5. The topological polar surface area (TPSA) is 98.5 Å². The minimum atomic E-state index is -0.123. The summed E-state index contributed by atoms with van der Waals surface area (Å²) in [6, 6.07) is 13.3. The van der Waals surface area contributed by atoms with E-state index in [1.165, 1.54) is 6.20 Å². The van der Waals surface area contributed by atoms with Crippen LogP contribution in [-0.2, 0) is 4.74 Å². The van der Waals surface area contributed by atoms with Crippen molar-refractivity contribution in [1.82, 2.24) is 14.7 Å². The average molecular weight is 475 g/mol. The second-order valence-corrected chi connectivity index (χ2v) is 8.44. The largest absolute Gasteiger partial charge is 0.618 e. The molecule has 0 bridgehead atoms. The van der Waals surface area contributed by atoms with E-state index in [9.17, 15) is 5.21 Å². The molecule has 0 aliphatic carbocycles. The molecule has 1 unspecified atom stereocenters. The number of rotatable bonds is 7. The lowest BCUT2D eigenvalue weighted by Gasteiger charge is -2.18. The van der Waals surface area contributed by atoms with Gasteiger partial charge in [0, 0.05) is 18.7 Å². The Morgan fingerprint density at radius 3 is 2.57 bits per heavy atom. The highest BCUT2D eigenvalue weighted by Gasteiger charge is 2.26. The van der Waals surface area contributed by atoms with E-state index >= 15 is 0 Å². The molecule has 5 aromatic rings. The zero-order chi connectivity index (χ0) is 24.7. The van der Waals surface area contributed by atoms with Crippen molar-refractivity contribution in [2.24, 2.45) is 0 Å². The van der Waals surface area contributed by atoms with Gasteiger partial charge in [0.15, 0.2) is 5.52 Å². The molecule has 5 rings (SSSR count). The van der Waals surface area contributed by atoms with Crippen LogP contribution in [0.2, 0.25) is 0 Å². The van der Waals surface area contributed by atoms with Gasteiger partial charge in [-0.1, -0.05) is 23.4 Å². The molecule has 0 spiro atoms. The highest BCUT2D eigenvalue weighted by Crippen LogP contribution is 2.40. The van der Waals surface area contributed by atoms with Gasteiger partial charge in [0.25, 0.3) is 0 Å². The Balaban J connectivity index is 1.82. The molecule has 2 aromatic carbocycles. The first-order chi connectivity index (χ1) is 16.9. The van der Waals surface area contributed by atoms with Gasteiger partial charge < -0.3 is 23.9 Å². The van der Waals surface area contributed by atoms with Crippen LogP contribution in [0, 0.1) is 19.1 Å². The standard InChI is InChI=1S/C26H26N4O5/c1-15(14-32-4)30-25-19-12-23(33-5)20(24-16(2)28-35-17(24)3)11-22(19)29(31)13-21(25)27-26(30)34-18-9-7-6-8-10-18/h6-13,15H,14H2,1-5H3. The molecule has 0 aliphatic rings. The molecule has 0 radical (unpaired) electrons. The lowest BCUT2D eigenvalue weighted by atomic mass is 10.0. The van der Waals surface area contributed by atoms with Crippen molar-refractivity contribution in [1.29, 1.82) is 0 Å². The third kappa shape index (κ3) is 3.83. The smallest absolute Gasteiger partial charge is 0.303 e. The van der Waals surface area contributed by atoms with Crippen molar-refractivity contribution in [3.63, 3.8) is 0 Å². The van der Waals surface area contributed by atoms with E-state index in [0.29, 0.717) is 46.3 Å². The molecular weight excluding hydrogens is 448 g/mol. The van der Waals surface area contributed by atoms with Crippen LogP contribution in [0.3, 0.4) is 0 Å². The minimum absolute atomic E-state index is 0.123.